The number of amides is 2. The van der Waals surface area contributed by atoms with E-state index in [4.69, 9.17) is 0 Å². The predicted octanol–water partition coefficient (Wildman–Crippen LogP) is 1.46. The first kappa shape index (κ1) is 14.4. The van der Waals surface area contributed by atoms with Crippen LogP contribution >= 0.6 is 11.8 Å². The molecular formula is C15H19N3O2S. The van der Waals surface area contributed by atoms with E-state index in [1.54, 1.807) is 6.07 Å². The SMILES string of the molecule is O=C1CSc2ccc(C(=O)NCC3CCCNC3)cc2N1. The Morgan fingerprint density at radius 2 is 2.33 bits per heavy atom. The molecular weight excluding hydrogens is 286 g/mol. The van der Waals surface area contributed by atoms with E-state index >= 15 is 0 Å². The molecule has 0 saturated carbocycles. The lowest BCUT2D eigenvalue weighted by Gasteiger charge is -2.23. The quantitative estimate of drug-likeness (QED) is 0.791. The molecule has 0 bridgehead atoms. The van der Waals surface area contributed by atoms with Gasteiger partial charge in [0.15, 0.2) is 0 Å². The van der Waals surface area contributed by atoms with Crippen LogP contribution in [0.5, 0.6) is 0 Å². The number of carbonyl (C=O) groups excluding carboxylic acids is 2. The molecule has 1 unspecified atom stereocenters. The van der Waals surface area contributed by atoms with E-state index in [0.717, 1.165) is 30.1 Å². The molecule has 3 N–H and O–H groups in total. The van der Waals surface area contributed by atoms with Crippen LogP contribution in [0.2, 0.25) is 0 Å². The van der Waals surface area contributed by atoms with E-state index in [2.05, 4.69) is 16.0 Å². The van der Waals surface area contributed by atoms with Crippen LogP contribution in [0.4, 0.5) is 5.69 Å². The number of benzene rings is 1. The third kappa shape index (κ3) is 3.57. The fraction of sp³-hybridized carbons (Fsp3) is 0.467. The van der Waals surface area contributed by atoms with E-state index in [9.17, 15) is 9.59 Å². The fourth-order valence-electron chi connectivity index (χ4n) is 2.66. The largest absolute Gasteiger partial charge is 0.352 e. The van der Waals surface area contributed by atoms with Crippen LogP contribution in [0.15, 0.2) is 23.1 Å². The molecule has 2 aliphatic rings. The van der Waals surface area contributed by atoms with Crippen LogP contribution in [0, 0.1) is 5.92 Å². The van der Waals surface area contributed by atoms with Gasteiger partial charge in [-0.05, 0) is 50.0 Å². The summed E-state index contributed by atoms with van der Waals surface area (Å²) in [6, 6.07) is 5.47. The number of hydrogen-bond donors (Lipinski definition) is 3. The number of anilines is 1. The normalized spacial score (nSPS) is 21.3. The van der Waals surface area contributed by atoms with Gasteiger partial charge in [0, 0.05) is 17.0 Å². The minimum Gasteiger partial charge on any atom is -0.352 e. The number of nitrogens with one attached hydrogen (secondary N) is 3. The van der Waals surface area contributed by atoms with Crippen molar-refractivity contribution < 1.29 is 9.59 Å². The lowest BCUT2D eigenvalue weighted by Crippen LogP contribution is -2.38. The second kappa shape index (κ2) is 6.49. The summed E-state index contributed by atoms with van der Waals surface area (Å²) in [5.41, 5.74) is 1.34. The topological polar surface area (TPSA) is 70.2 Å². The lowest BCUT2D eigenvalue weighted by atomic mass is 9.99. The summed E-state index contributed by atoms with van der Waals surface area (Å²) in [6.45, 7) is 2.74. The highest BCUT2D eigenvalue weighted by atomic mass is 32.2. The van der Waals surface area contributed by atoms with Crippen LogP contribution in [-0.2, 0) is 4.79 Å². The maximum absolute atomic E-state index is 12.2. The van der Waals surface area contributed by atoms with E-state index in [-0.39, 0.29) is 11.8 Å². The molecule has 21 heavy (non-hydrogen) atoms. The molecule has 1 aromatic carbocycles. The Morgan fingerprint density at radius 1 is 1.43 bits per heavy atom. The van der Waals surface area contributed by atoms with Gasteiger partial charge in [0.2, 0.25) is 5.91 Å². The Labute approximate surface area is 128 Å². The first-order valence-corrected chi connectivity index (χ1v) is 8.26. The summed E-state index contributed by atoms with van der Waals surface area (Å²) in [7, 11) is 0. The number of hydrogen-bond acceptors (Lipinski definition) is 4. The Morgan fingerprint density at radius 3 is 3.14 bits per heavy atom. The number of piperidine rings is 1. The molecule has 2 aliphatic heterocycles. The van der Waals surface area contributed by atoms with Crippen LogP contribution in [-0.4, -0.2) is 37.2 Å². The van der Waals surface area contributed by atoms with Gasteiger partial charge >= 0.3 is 0 Å². The molecule has 2 heterocycles. The third-order valence-corrected chi connectivity index (χ3v) is 4.90. The molecule has 1 aromatic rings. The smallest absolute Gasteiger partial charge is 0.251 e. The molecule has 0 aromatic heterocycles. The summed E-state index contributed by atoms with van der Waals surface area (Å²) < 4.78 is 0. The zero-order valence-electron chi connectivity index (χ0n) is 11.8. The predicted molar refractivity (Wildman–Crippen MR) is 83.7 cm³/mol. The van der Waals surface area contributed by atoms with E-state index < -0.39 is 0 Å². The van der Waals surface area contributed by atoms with Crippen molar-refractivity contribution in [1.82, 2.24) is 10.6 Å². The fourth-order valence-corrected chi connectivity index (χ4v) is 3.45. The molecule has 0 aliphatic carbocycles. The summed E-state index contributed by atoms with van der Waals surface area (Å²) in [5.74, 6) is 0.856. The number of rotatable bonds is 3. The average Bonchev–Trinajstić information content (AvgIpc) is 2.53. The van der Waals surface area contributed by atoms with E-state index in [1.165, 1.54) is 18.2 Å². The zero-order valence-corrected chi connectivity index (χ0v) is 12.6. The zero-order chi connectivity index (χ0) is 14.7. The van der Waals surface area contributed by atoms with Crippen LogP contribution in [0.1, 0.15) is 23.2 Å². The number of fused-ring (bicyclic) bond motifs is 1. The molecule has 112 valence electrons. The monoisotopic (exact) mass is 305 g/mol. The summed E-state index contributed by atoms with van der Waals surface area (Å²) in [5, 5.41) is 9.14. The minimum absolute atomic E-state index is 0.0154. The molecule has 0 radical (unpaired) electrons. The minimum atomic E-state index is -0.0757. The Kier molecular flexibility index (Phi) is 4.45. The van der Waals surface area contributed by atoms with Gasteiger partial charge in [-0.2, -0.15) is 0 Å². The molecule has 5 nitrogen and oxygen atoms in total. The van der Waals surface area contributed by atoms with Crippen molar-refractivity contribution in [1.29, 1.82) is 0 Å². The summed E-state index contributed by atoms with van der Waals surface area (Å²) in [4.78, 5) is 24.6. The maximum atomic E-state index is 12.2. The first-order valence-electron chi connectivity index (χ1n) is 7.28. The molecule has 0 spiro atoms. The first-order chi connectivity index (χ1) is 10.2. The maximum Gasteiger partial charge on any atom is 0.251 e. The molecule has 3 rings (SSSR count). The van der Waals surface area contributed by atoms with Crippen molar-refractivity contribution in [2.75, 3.05) is 30.7 Å². The summed E-state index contributed by atoms with van der Waals surface area (Å²) in [6.07, 6.45) is 2.33. The third-order valence-electron chi connectivity index (χ3n) is 3.82. The van der Waals surface area contributed by atoms with Crippen LogP contribution in [0.3, 0.4) is 0 Å². The molecule has 6 heteroatoms. The van der Waals surface area contributed by atoms with Gasteiger partial charge in [0.05, 0.1) is 11.4 Å². The Hall–Kier alpha value is -1.53. The Bertz CT molecular complexity index is 556. The second-order valence-corrected chi connectivity index (χ2v) is 6.49. The highest BCUT2D eigenvalue weighted by Gasteiger charge is 2.18. The van der Waals surface area contributed by atoms with E-state index in [0.29, 0.717) is 23.8 Å². The molecule has 1 atom stereocenters. The van der Waals surface area contributed by atoms with Gasteiger partial charge < -0.3 is 16.0 Å². The standard InChI is InChI=1S/C15H19N3O2S/c19-14-9-21-13-4-3-11(6-12(13)18-14)15(20)17-8-10-2-1-5-16-7-10/h3-4,6,10,16H,1-2,5,7-9H2,(H,17,20)(H,18,19). The van der Waals surface area contributed by atoms with E-state index in [1.807, 2.05) is 12.1 Å². The van der Waals surface area contributed by atoms with Gasteiger partial charge in [0.1, 0.15) is 0 Å². The molecule has 2 amide bonds. The van der Waals surface area contributed by atoms with Gasteiger partial charge in [-0.1, -0.05) is 0 Å². The lowest BCUT2D eigenvalue weighted by molar-refractivity contribution is -0.113. The van der Waals surface area contributed by atoms with Gasteiger partial charge in [-0.3, -0.25) is 9.59 Å². The van der Waals surface area contributed by atoms with Crippen molar-refractivity contribution in [2.24, 2.45) is 5.92 Å². The number of carbonyl (C=O) groups is 2. The highest BCUT2D eigenvalue weighted by molar-refractivity contribution is 8.00. The second-order valence-electron chi connectivity index (χ2n) is 5.47. The van der Waals surface area contributed by atoms with Gasteiger partial charge in [0.25, 0.3) is 5.91 Å². The molecule has 1 saturated heterocycles. The van der Waals surface area contributed by atoms with Crippen molar-refractivity contribution in [3.8, 4) is 0 Å². The van der Waals surface area contributed by atoms with Crippen LogP contribution < -0.4 is 16.0 Å². The Balaban J connectivity index is 1.61. The van der Waals surface area contributed by atoms with Crippen molar-refractivity contribution in [3.63, 3.8) is 0 Å². The van der Waals surface area contributed by atoms with Gasteiger partial charge in [-0.25, -0.2) is 0 Å². The summed E-state index contributed by atoms with van der Waals surface area (Å²) >= 11 is 1.50. The average molecular weight is 305 g/mol. The highest BCUT2D eigenvalue weighted by Crippen LogP contribution is 2.31. The van der Waals surface area contributed by atoms with Crippen molar-refractivity contribution in [2.45, 2.75) is 17.7 Å². The van der Waals surface area contributed by atoms with Gasteiger partial charge in [-0.15, -0.1) is 11.8 Å². The number of thioether (sulfide) groups is 1. The van der Waals surface area contributed by atoms with Crippen molar-refractivity contribution in [3.05, 3.63) is 23.8 Å². The van der Waals surface area contributed by atoms with Crippen molar-refractivity contribution >= 4 is 29.3 Å². The molecule has 1 fully saturated rings. The van der Waals surface area contributed by atoms with Crippen LogP contribution in [0.25, 0.3) is 0 Å².